The Labute approximate surface area is 140 Å². The average molecular weight is 360 g/mol. The molecule has 1 N–H and O–H groups in total. The van der Waals surface area contributed by atoms with Gasteiger partial charge in [0.15, 0.2) is 0 Å². The van der Waals surface area contributed by atoms with E-state index in [-0.39, 0.29) is 25.5 Å². The van der Waals surface area contributed by atoms with Crippen molar-refractivity contribution in [1.29, 1.82) is 0 Å². The number of carbonyl (C=O) groups excluding carboxylic acids is 2. The van der Waals surface area contributed by atoms with Crippen LogP contribution in [0.1, 0.15) is 22.5 Å². The fourth-order valence-corrected chi connectivity index (χ4v) is 2.21. The van der Waals surface area contributed by atoms with Crippen LogP contribution < -0.4 is 5.32 Å². The zero-order valence-corrected chi connectivity index (χ0v) is 13.5. The molecule has 0 spiro atoms. The van der Waals surface area contributed by atoms with Crippen molar-refractivity contribution in [3.63, 3.8) is 0 Å². The fourth-order valence-electron chi connectivity index (χ4n) is 1.49. The third-order valence-corrected chi connectivity index (χ3v) is 3.84. The number of ether oxygens (including phenoxy) is 1. The molecule has 6 nitrogen and oxygen atoms in total. The van der Waals surface area contributed by atoms with Crippen molar-refractivity contribution in [2.75, 3.05) is 6.54 Å². The predicted molar refractivity (Wildman–Crippen MR) is 83.1 cm³/mol. The van der Waals surface area contributed by atoms with Crippen LogP contribution in [0.25, 0.3) is 0 Å². The van der Waals surface area contributed by atoms with Gasteiger partial charge in [-0.2, -0.15) is 0 Å². The molecule has 0 atom stereocenters. The zero-order valence-electron chi connectivity index (χ0n) is 11.2. The molecule has 1 aromatic carbocycles. The summed E-state index contributed by atoms with van der Waals surface area (Å²) in [6, 6.07) is 6.45. The number of aromatic nitrogens is 2. The third kappa shape index (κ3) is 4.94. The number of benzene rings is 1. The SMILES string of the molecule is O=C(CCNC(=O)c1ccc(Cl)cc1)OCc1nnsc1Cl. The lowest BCUT2D eigenvalue weighted by Gasteiger charge is -2.05. The van der Waals surface area contributed by atoms with Gasteiger partial charge in [0.1, 0.15) is 16.6 Å². The second-order valence-corrected chi connectivity index (χ2v) is 5.96. The van der Waals surface area contributed by atoms with Gasteiger partial charge in [0.05, 0.1) is 6.42 Å². The van der Waals surface area contributed by atoms with Gasteiger partial charge in [0.25, 0.3) is 5.91 Å². The van der Waals surface area contributed by atoms with Gasteiger partial charge in [-0.25, -0.2) is 0 Å². The molecule has 116 valence electrons. The number of nitrogens with one attached hydrogen (secondary N) is 1. The summed E-state index contributed by atoms with van der Waals surface area (Å²) in [5.74, 6) is -0.739. The second kappa shape index (κ2) is 8.07. The van der Waals surface area contributed by atoms with Gasteiger partial charge < -0.3 is 10.1 Å². The number of rotatable bonds is 6. The molecule has 1 aromatic heterocycles. The van der Waals surface area contributed by atoms with Gasteiger partial charge in [-0.1, -0.05) is 27.7 Å². The molecule has 2 aromatic rings. The number of carbonyl (C=O) groups is 2. The monoisotopic (exact) mass is 359 g/mol. The number of hydrogen-bond acceptors (Lipinski definition) is 6. The van der Waals surface area contributed by atoms with Gasteiger partial charge in [0, 0.05) is 28.7 Å². The molecule has 0 unspecified atom stereocenters. The Morgan fingerprint density at radius 3 is 2.59 bits per heavy atom. The summed E-state index contributed by atoms with van der Waals surface area (Å²) in [6.45, 7) is 0.142. The van der Waals surface area contributed by atoms with E-state index in [1.54, 1.807) is 24.3 Å². The molecule has 0 saturated heterocycles. The standard InChI is InChI=1S/C13H11Cl2N3O3S/c14-9-3-1-8(2-4-9)13(20)16-6-5-11(19)21-7-10-12(15)22-18-17-10/h1-4H,5-7H2,(H,16,20). The van der Waals surface area contributed by atoms with Gasteiger partial charge in [-0.05, 0) is 24.3 Å². The largest absolute Gasteiger partial charge is 0.459 e. The summed E-state index contributed by atoms with van der Waals surface area (Å²) < 4.78 is 9.00. The van der Waals surface area contributed by atoms with Crippen LogP contribution in [0.15, 0.2) is 24.3 Å². The number of hydrogen-bond donors (Lipinski definition) is 1. The Bertz CT molecular complexity index is 661. The normalized spacial score (nSPS) is 10.3. The maximum absolute atomic E-state index is 11.8. The minimum Gasteiger partial charge on any atom is -0.459 e. The molecule has 0 fully saturated rings. The van der Waals surface area contributed by atoms with Gasteiger partial charge >= 0.3 is 5.97 Å². The Morgan fingerprint density at radius 1 is 1.23 bits per heavy atom. The van der Waals surface area contributed by atoms with Gasteiger partial charge in [0.2, 0.25) is 0 Å². The predicted octanol–water partition coefficient (Wildman–Crippen LogP) is 2.71. The molecule has 0 radical (unpaired) electrons. The molecule has 2 rings (SSSR count). The Morgan fingerprint density at radius 2 is 1.95 bits per heavy atom. The van der Waals surface area contributed by atoms with Crippen molar-refractivity contribution in [3.05, 3.63) is 44.9 Å². The van der Waals surface area contributed by atoms with Crippen LogP contribution in [0, 0.1) is 0 Å². The Balaban J connectivity index is 1.69. The number of nitrogens with zero attached hydrogens (tertiary/aromatic N) is 2. The van der Waals surface area contributed by atoms with Crippen molar-refractivity contribution >= 4 is 46.6 Å². The van der Waals surface area contributed by atoms with Gasteiger partial charge in [-0.15, -0.1) is 5.10 Å². The van der Waals surface area contributed by atoms with E-state index in [1.165, 1.54) is 0 Å². The fraction of sp³-hybridized carbons (Fsp3) is 0.231. The van der Waals surface area contributed by atoms with Crippen molar-refractivity contribution in [2.45, 2.75) is 13.0 Å². The molecular weight excluding hydrogens is 349 g/mol. The average Bonchev–Trinajstić information content (AvgIpc) is 2.91. The van der Waals surface area contributed by atoms with Crippen LogP contribution in [-0.2, 0) is 16.1 Å². The highest BCUT2D eigenvalue weighted by Crippen LogP contribution is 2.17. The molecule has 0 aliphatic rings. The van der Waals surface area contributed by atoms with E-state index < -0.39 is 5.97 Å². The van der Waals surface area contributed by atoms with Crippen LogP contribution >= 0.6 is 34.7 Å². The van der Waals surface area contributed by atoms with E-state index in [9.17, 15) is 9.59 Å². The first-order valence-electron chi connectivity index (χ1n) is 6.22. The first kappa shape index (κ1) is 16.7. The molecule has 0 aliphatic carbocycles. The van der Waals surface area contributed by atoms with Crippen LogP contribution in [0.3, 0.4) is 0 Å². The van der Waals surface area contributed by atoms with E-state index in [2.05, 4.69) is 14.9 Å². The molecule has 0 bridgehead atoms. The van der Waals surface area contributed by atoms with E-state index >= 15 is 0 Å². The lowest BCUT2D eigenvalue weighted by Crippen LogP contribution is -2.26. The summed E-state index contributed by atoms with van der Waals surface area (Å²) in [5.41, 5.74) is 0.892. The summed E-state index contributed by atoms with van der Waals surface area (Å²) >= 11 is 12.5. The third-order valence-electron chi connectivity index (χ3n) is 2.60. The summed E-state index contributed by atoms with van der Waals surface area (Å²) in [4.78, 5) is 23.3. The summed E-state index contributed by atoms with van der Waals surface area (Å²) in [7, 11) is 0. The highest BCUT2D eigenvalue weighted by molar-refractivity contribution is 7.10. The van der Waals surface area contributed by atoms with Crippen LogP contribution in [0.4, 0.5) is 0 Å². The Hall–Kier alpha value is -1.70. The quantitative estimate of drug-likeness (QED) is 0.801. The van der Waals surface area contributed by atoms with E-state index in [1.807, 2.05) is 0 Å². The molecule has 0 saturated carbocycles. The van der Waals surface area contributed by atoms with Crippen molar-refractivity contribution in [1.82, 2.24) is 14.9 Å². The van der Waals surface area contributed by atoms with E-state index in [4.69, 9.17) is 27.9 Å². The molecular formula is C13H11Cl2N3O3S. The van der Waals surface area contributed by atoms with Crippen LogP contribution in [-0.4, -0.2) is 28.0 Å². The van der Waals surface area contributed by atoms with Crippen molar-refractivity contribution in [3.8, 4) is 0 Å². The molecule has 1 heterocycles. The van der Waals surface area contributed by atoms with Crippen LogP contribution in [0.5, 0.6) is 0 Å². The van der Waals surface area contributed by atoms with Crippen molar-refractivity contribution in [2.24, 2.45) is 0 Å². The summed E-state index contributed by atoms with van der Waals surface area (Å²) in [5, 5.41) is 6.89. The first-order valence-corrected chi connectivity index (χ1v) is 7.75. The van der Waals surface area contributed by atoms with E-state index in [0.29, 0.717) is 20.6 Å². The highest BCUT2D eigenvalue weighted by atomic mass is 35.5. The number of halogens is 2. The molecule has 9 heteroatoms. The smallest absolute Gasteiger partial charge is 0.307 e. The summed E-state index contributed by atoms with van der Waals surface area (Å²) in [6.07, 6.45) is 0.0501. The van der Waals surface area contributed by atoms with Crippen molar-refractivity contribution < 1.29 is 14.3 Å². The zero-order chi connectivity index (χ0) is 15.9. The molecule has 22 heavy (non-hydrogen) atoms. The first-order chi connectivity index (χ1) is 10.6. The maximum Gasteiger partial charge on any atom is 0.307 e. The maximum atomic E-state index is 11.8. The molecule has 0 aliphatic heterocycles. The Kier molecular flexibility index (Phi) is 6.11. The van der Waals surface area contributed by atoms with E-state index in [0.717, 1.165) is 11.5 Å². The highest BCUT2D eigenvalue weighted by Gasteiger charge is 2.10. The minimum absolute atomic E-state index is 0.0285. The van der Waals surface area contributed by atoms with Crippen LogP contribution in [0.2, 0.25) is 9.36 Å². The van der Waals surface area contributed by atoms with Gasteiger partial charge in [-0.3, -0.25) is 9.59 Å². The minimum atomic E-state index is -0.458. The second-order valence-electron chi connectivity index (χ2n) is 4.17. The lowest BCUT2D eigenvalue weighted by molar-refractivity contribution is -0.144. The number of amides is 1. The molecule has 1 amide bonds. The number of esters is 1. The lowest BCUT2D eigenvalue weighted by atomic mass is 10.2. The topological polar surface area (TPSA) is 81.2 Å².